The number of halogens is 1. The average molecular weight is 484 g/mol. The van der Waals surface area contributed by atoms with Gasteiger partial charge in [0, 0.05) is 43.3 Å². The molecule has 0 radical (unpaired) electrons. The molecular weight excluding hydrogens is 455 g/mol. The Morgan fingerprint density at radius 2 is 2.15 bits per heavy atom. The number of para-hydroxylation sites is 1. The van der Waals surface area contributed by atoms with Crippen molar-refractivity contribution in [2.45, 2.75) is 26.3 Å². The van der Waals surface area contributed by atoms with E-state index in [2.05, 4.69) is 28.6 Å². The zero-order valence-electron chi connectivity index (χ0n) is 15.8. The molecule has 1 aromatic carbocycles. The van der Waals surface area contributed by atoms with Crippen molar-refractivity contribution < 1.29 is 9.84 Å². The summed E-state index contributed by atoms with van der Waals surface area (Å²) in [4.78, 5) is 9.16. The summed E-state index contributed by atoms with van der Waals surface area (Å²) in [7, 11) is 0. The van der Waals surface area contributed by atoms with Gasteiger partial charge in [-0.3, -0.25) is 4.98 Å². The van der Waals surface area contributed by atoms with Crippen molar-refractivity contribution >= 4 is 40.8 Å². The van der Waals surface area contributed by atoms with E-state index in [1.165, 1.54) is 0 Å². The van der Waals surface area contributed by atoms with Gasteiger partial charge in [0.2, 0.25) is 0 Å². The third kappa shape index (κ3) is 5.76. The Balaban J connectivity index is 0.00000261. The van der Waals surface area contributed by atoms with E-state index in [9.17, 15) is 5.11 Å². The minimum atomic E-state index is -0.00565. The van der Waals surface area contributed by atoms with Crippen LogP contribution < -0.4 is 10.6 Å². The summed E-state index contributed by atoms with van der Waals surface area (Å²) >= 11 is 0. The molecule has 27 heavy (non-hydrogen) atoms. The smallest absolute Gasteiger partial charge is 0.191 e. The Labute approximate surface area is 177 Å². The second-order valence-electron chi connectivity index (χ2n) is 6.81. The molecule has 1 unspecified atom stereocenters. The maximum atomic E-state index is 9.38. The molecule has 1 atom stereocenters. The van der Waals surface area contributed by atoms with Gasteiger partial charge >= 0.3 is 0 Å². The lowest BCUT2D eigenvalue weighted by atomic mass is 9.84. The quantitative estimate of drug-likeness (QED) is 0.320. The molecule has 0 spiro atoms. The number of guanidine groups is 1. The molecule has 0 bridgehead atoms. The molecule has 6 nitrogen and oxygen atoms in total. The summed E-state index contributed by atoms with van der Waals surface area (Å²) in [6, 6.07) is 10.1. The third-order valence-corrected chi connectivity index (χ3v) is 4.95. The number of aliphatic hydroxyl groups excluding tert-OH is 1. The van der Waals surface area contributed by atoms with Gasteiger partial charge in [-0.15, -0.1) is 24.0 Å². The number of benzene rings is 1. The first-order chi connectivity index (χ1) is 12.8. The van der Waals surface area contributed by atoms with Gasteiger partial charge in [-0.2, -0.15) is 0 Å². The van der Waals surface area contributed by atoms with Crippen LogP contribution in [0.5, 0.6) is 0 Å². The highest BCUT2D eigenvalue weighted by atomic mass is 127. The fraction of sp³-hybridized carbons (Fsp3) is 0.500. The summed E-state index contributed by atoms with van der Waals surface area (Å²) in [6.45, 7) is 5.82. The number of hydrogen-bond donors (Lipinski definition) is 3. The van der Waals surface area contributed by atoms with Gasteiger partial charge in [0.15, 0.2) is 5.96 Å². The number of aliphatic imine (C=N–C) groups is 1. The van der Waals surface area contributed by atoms with E-state index in [1.807, 2.05) is 30.5 Å². The maximum absolute atomic E-state index is 9.38. The highest BCUT2D eigenvalue weighted by molar-refractivity contribution is 14.0. The van der Waals surface area contributed by atoms with E-state index in [0.717, 1.165) is 55.0 Å². The molecule has 2 heterocycles. The van der Waals surface area contributed by atoms with Crippen LogP contribution in [0.2, 0.25) is 0 Å². The average Bonchev–Trinajstić information content (AvgIpc) is 3.13. The minimum absolute atomic E-state index is 0. The number of fused-ring (bicyclic) bond motifs is 1. The lowest BCUT2D eigenvalue weighted by Crippen LogP contribution is -2.44. The molecule has 148 valence electrons. The lowest BCUT2D eigenvalue weighted by molar-refractivity contribution is 0.127. The predicted octanol–water partition coefficient (Wildman–Crippen LogP) is 2.70. The number of rotatable bonds is 7. The third-order valence-electron chi connectivity index (χ3n) is 4.95. The van der Waals surface area contributed by atoms with Gasteiger partial charge in [-0.05, 0) is 37.5 Å². The summed E-state index contributed by atoms with van der Waals surface area (Å²) in [6.07, 6.45) is 3.54. The summed E-state index contributed by atoms with van der Waals surface area (Å²) in [5.74, 6) is 0.789. The van der Waals surface area contributed by atoms with Crippen LogP contribution in [0.3, 0.4) is 0 Å². The Bertz CT molecular complexity index is 742. The van der Waals surface area contributed by atoms with Crippen molar-refractivity contribution in [3.8, 4) is 0 Å². The van der Waals surface area contributed by atoms with Crippen LogP contribution in [0.25, 0.3) is 10.9 Å². The predicted molar refractivity (Wildman–Crippen MR) is 120 cm³/mol. The fourth-order valence-electron chi connectivity index (χ4n) is 3.38. The Morgan fingerprint density at radius 3 is 2.89 bits per heavy atom. The highest BCUT2D eigenvalue weighted by Gasteiger charge is 2.34. The first-order valence-electron chi connectivity index (χ1n) is 9.30. The molecule has 0 aliphatic carbocycles. The number of aromatic nitrogens is 1. The van der Waals surface area contributed by atoms with E-state index >= 15 is 0 Å². The van der Waals surface area contributed by atoms with Gasteiger partial charge in [-0.1, -0.05) is 18.2 Å². The number of ether oxygens (including phenoxy) is 1. The van der Waals surface area contributed by atoms with Crippen molar-refractivity contribution in [2.75, 3.05) is 32.9 Å². The van der Waals surface area contributed by atoms with Crippen LogP contribution in [-0.2, 0) is 11.3 Å². The highest BCUT2D eigenvalue weighted by Crippen LogP contribution is 2.31. The molecule has 1 aliphatic heterocycles. The molecule has 7 heteroatoms. The molecule has 0 saturated carbocycles. The first kappa shape index (κ1) is 21.8. The van der Waals surface area contributed by atoms with Crippen LogP contribution in [0, 0.1) is 5.41 Å². The SMILES string of the molecule is CCNC(=NCc1ccnc2ccccc12)NCC1(CCO)CCOC1.I. The maximum Gasteiger partial charge on any atom is 0.191 e. The van der Waals surface area contributed by atoms with E-state index < -0.39 is 0 Å². The zero-order valence-corrected chi connectivity index (χ0v) is 18.1. The Morgan fingerprint density at radius 1 is 1.30 bits per heavy atom. The van der Waals surface area contributed by atoms with Gasteiger partial charge in [0.1, 0.15) is 0 Å². The van der Waals surface area contributed by atoms with E-state index in [4.69, 9.17) is 9.73 Å². The fourth-order valence-corrected chi connectivity index (χ4v) is 3.38. The largest absolute Gasteiger partial charge is 0.396 e. The standard InChI is InChI=1S/C20H28N4O2.HI/c1-2-21-19(24-14-20(8-11-25)9-12-26-15-20)23-13-16-7-10-22-18-6-4-3-5-17(16)18;/h3-7,10,25H,2,8-9,11-15H2,1H3,(H2,21,23,24);1H. The normalized spacial score (nSPS) is 19.7. The van der Waals surface area contributed by atoms with Crippen LogP contribution >= 0.6 is 24.0 Å². The molecule has 3 rings (SSSR count). The van der Waals surface area contributed by atoms with Crippen molar-refractivity contribution in [1.82, 2.24) is 15.6 Å². The molecule has 2 aromatic rings. The molecule has 1 aliphatic rings. The molecule has 1 saturated heterocycles. The van der Waals surface area contributed by atoms with Crippen molar-refractivity contribution in [2.24, 2.45) is 10.4 Å². The molecule has 1 fully saturated rings. The minimum Gasteiger partial charge on any atom is -0.396 e. The van der Waals surface area contributed by atoms with E-state index in [0.29, 0.717) is 13.2 Å². The van der Waals surface area contributed by atoms with Gasteiger partial charge < -0.3 is 20.5 Å². The Kier molecular flexibility index (Phi) is 8.72. The number of hydrogen-bond acceptors (Lipinski definition) is 4. The van der Waals surface area contributed by atoms with Crippen molar-refractivity contribution in [3.05, 3.63) is 42.1 Å². The second-order valence-corrected chi connectivity index (χ2v) is 6.81. The van der Waals surface area contributed by atoms with Crippen LogP contribution in [0.15, 0.2) is 41.5 Å². The van der Waals surface area contributed by atoms with E-state index in [1.54, 1.807) is 0 Å². The number of nitrogens with one attached hydrogen (secondary N) is 2. The van der Waals surface area contributed by atoms with Crippen LogP contribution in [0.4, 0.5) is 0 Å². The van der Waals surface area contributed by atoms with Crippen molar-refractivity contribution in [3.63, 3.8) is 0 Å². The zero-order chi connectivity index (χ0) is 18.2. The van der Waals surface area contributed by atoms with Crippen LogP contribution in [0.1, 0.15) is 25.3 Å². The topological polar surface area (TPSA) is 78.8 Å². The molecule has 1 aromatic heterocycles. The van der Waals surface area contributed by atoms with Gasteiger partial charge in [0.25, 0.3) is 0 Å². The summed E-state index contributed by atoms with van der Waals surface area (Å²) in [5, 5.41) is 17.3. The first-order valence-corrected chi connectivity index (χ1v) is 9.30. The summed E-state index contributed by atoms with van der Waals surface area (Å²) in [5.41, 5.74) is 2.14. The number of aliphatic hydroxyl groups is 1. The van der Waals surface area contributed by atoms with Crippen molar-refractivity contribution in [1.29, 1.82) is 0 Å². The van der Waals surface area contributed by atoms with Gasteiger partial charge in [-0.25, -0.2) is 4.99 Å². The number of nitrogens with zero attached hydrogens (tertiary/aromatic N) is 2. The molecule has 0 amide bonds. The van der Waals surface area contributed by atoms with E-state index in [-0.39, 0.29) is 36.0 Å². The molecular formula is C20H29IN4O2. The molecule has 3 N–H and O–H groups in total. The van der Waals surface area contributed by atoms with Gasteiger partial charge in [0.05, 0.1) is 18.7 Å². The lowest BCUT2D eigenvalue weighted by Gasteiger charge is -2.27. The number of pyridine rings is 1. The summed E-state index contributed by atoms with van der Waals surface area (Å²) < 4.78 is 5.56. The van der Waals surface area contributed by atoms with Crippen LogP contribution in [-0.4, -0.2) is 49.0 Å². The second kappa shape index (κ2) is 10.8. The Hall–Kier alpha value is -1.45. The monoisotopic (exact) mass is 484 g/mol.